The van der Waals surface area contributed by atoms with Gasteiger partial charge in [0.2, 0.25) is 0 Å². The Morgan fingerprint density at radius 1 is 1.46 bits per heavy atom. The fourth-order valence-electron chi connectivity index (χ4n) is 1.59. The van der Waals surface area contributed by atoms with E-state index in [2.05, 4.69) is 51.7 Å². The quantitative estimate of drug-likeness (QED) is 0.634. The molecule has 0 aliphatic rings. The maximum Gasteiger partial charge on any atom is 0.0430 e. The molecule has 0 aromatic heterocycles. The van der Waals surface area contributed by atoms with Gasteiger partial charge >= 0.3 is 0 Å². The normalized spacial score (nSPS) is 18.3. The Morgan fingerprint density at radius 2 is 2.00 bits per heavy atom. The Balaban J connectivity index is 4.58. The molecular weight excluding hydrogens is 160 g/mol. The molecule has 0 saturated heterocycles. The van der Waals surface area contributed by atoms with E-state index in [0.29, 0.717) is 6.04 Å². The predicted molar refractivity (Wildman–Crippen MR) is 60.0 cm³/mol. The van der Waals surface area contributed by atoms with Crippen molar-refractivity contribution in [1.29, 1.82) is 0 Å². The first-order valence-corrected chi connectivity index (χ1v) is 5.06. The molecule has 2 atom stereocenters. The maximum atomic E-state index is 3.89. The fraction of sp³-hybridized carbons (Fsp3) is 0.818. The number of hydrogen-bond acceptors (Lipinski definition) is 2. The third-order valence-electron chi connectivity index (χ3n) is 3.07. The van der Waals surface area contributed by atoms with Gasteiger partial charge in [-0.2, -0.15) is 0 Å². The summed E-state index contributed by atoms with van der Waals surface area (Å²) < 4.78 is 0. The van der Waals surface area contributed by atoms with E-state index in [0.717, 1.165) is 13.0 Å². The second-order valence-corrected chi connectivity index (χ2v) is 3.88. The number of likely N-dealkylation sites (N-methyl/N-ethyl adjacent to an activating group) is 2. The van der Waals surface area contributed by atoms with Crippen LogP contribution in [-0.4, -0.2) is 37.1 Å². The van der Waals surface area contributed by atoms with Gasteiger partial charge in [-0.1, -0.05) is 19.9 Å². The van der Waals surface area contributed by atoms with Crippen molar-refractivity contribution in [2.45, 2.75) is 38.8 Å². The molecule has 1 N–H and O–H groups in total. The Hall–Kier alpha value is -0.340. The molecular formula is C11H24N2. The molecule has 2 heteroatoms. The van der Waals surface area contributed by atoms with Gasteiger partial charge in [0.25, 0.3) is 0 Å². The molecule has 0 bridgehead atoms. The summed E-state index contributed by atoms with van der Waals surface area (Å²) in [7, 11) is 4.24. The molecule has 13 heavy (non-hydrogen) atoms. The monoisotopic (exact) mass is 184 g/mol. The van der Waals surface area contributed by atoms with E-state index >= 15 is 0 Å². The number of nitrogens with one attached hydrogen (secondary N) is 1. The lowest BCUT2D eigenvalue weighted by Crippen LogP contribution is -2.55. The van der Waals surface area contributed by atoms with Gasteiger partial charge in [0.1, 0.15) is 0 Å². The molecule has 0 aromatic carbocycles. The predicted octanol–water partition coefficient (Wildman–Crippen LogP) is 1.88. The zero-order valence-corrected chi connectivity index (χ0v) is 9.72. The SMILES string of the molecule is C=CC(NCC)C(C)(CC)N(C)C. The first-order chi connectivity index (χ1) is 6.02. The fourth-order valence-corrected chi connectivity index (χ4v) is 1.59. The minimum absolute atomic E-state index is 0.164. The highest BCUT2D eigenvalue weighted by molar-refractivity contribution is 5.03. The molecule has 0 spiro atoms. The van der Waals surface area contributed by atoms with Crippen LogP contribution in [-0.2, 0) is 0 Å². The average molecular weight is 184 g/mol. The van der Waals surface area contributed by atoms with E-state index in [9.17, 15) is 0 Å². The van der Waals surface area contributed by atoms with E-state index in [-0.39, 0.29) is 5.54 Å². The van der Waals surface area contributed by atoms with Crippen LogP contribution in [0.2, 0.25) is 0 Å². The third-order valence-corrected chi connectivity index (χ3v) is 3.07. The highest BCUT2D eigenvalue weighted by Crippen LogP contribution is 2.21. The summed E-state index contributed by atoms with van der Waals surface area (Å²) in [5.41, 5.74) is 0.164. The minimum atomic E-state index is 0.164. The molecule has 0 saturated carbocycles. The number of hydrogen-bond donors (Lipinski definition) is 1. The van der Waals surface area contributed by atoms with Crippen LogP contribution in [0.5, 0.6) is 0 Å². The van der Waals surface area contributed by atoms with Crippen LogP contribution in [0.4, 0.5) is 0 Å². The van der Waals surface area contributed by atoms with Gasteiger partial charge in [0.05, 0.1) is 0 Å². The van der Waals surface area contributed by atoms with Gasteiger partial charge in [-0.15, -0.1) is 6.58 Å². The summed E-state index contributed by atoms with van der Waals surface area (Å²) in [5.74, 6) is 0. The van der Waals surface area contributed by atoms with Gasteiger partial charge in [0.15, 0.2) is 0 Å². The first-order valence-electron chi connectivity index (χ1n) is 5.06. The van der Waals surface area contributed by atoms with Crippen LogP contribution >= 0.6 is 0 Å². The molecule has 2 unspecified atom stereocenters. The molecule has 78 valence electrons. The van der Waals surface area contributed by atoms with Gasteiger partial charge in [-0.25, -0.2) is 0 Å². The summed E-state index contributed by atoms with van der Waals surface area (Å²) in [6.07, 6.45) is 3.12. The second-order valence-electron chi connectivity index (χ2n) is 3.88. The van der Waals surface area contributed by atoms with Crippen molar-refractivity contribution >= 4 is 0 Å². The molecule has 0 aliphatic carbocycles. The van der Waals surface area contributed by atoms with Gasteiger partial charge in [-0.3, -0.25) is 0 Å². The van der Waals surface area contributed by atoms with Gasteiger partial charge < -0.3 is 10.2 Å². The number of rotatable bonds is 6. The zero-order valence-electron chi connectivity index (χ0n) is 9.72. The van der Waals surface area contributed by atoms with E-state index < -0.39 is 0 Å². The van der Waals surface area contributed by atoms with Crippen molar-refractivity contribution in [3.05, 3.63) is 12.7 Å². The Bertz CT molecular complexity index is 154. The topological polar surface area (TPSA) is 15.3 Å². The smallest absolute Gasteiger partial charge is 0.0430 e. The van der Waals surface area contributed by atoms with Crippen LogP contribution in [0.25, 0.3) is 0 Å². The van der Waals surface area contributed by atoms with Crippen LogP contribution in [0.15, 0.2) is 12.7 Å². The lowest BCUT2D eigenvalue weighted by molar-refractivity contribution is 0.134. The maximum absolute atomic E-state index is 3.89. The Kier molecular flexibility index (Phi) is 5.26. The molecule has 0 aromatic rings. The van der Waals surface area contributed by atoms with E-state index in [1.807, 2.05) is 6.08 Å². The standard InChI is InChI=1S/C11H24N2/c1-7-10(12-9-3)11(4,8-2)13(5)6/h7,10,12H,1,8-9H2,2-6H3. The average Bonchev–Trinajstić information content (AvgIpc) is 2.12. The lowest BCUT2D eigenvalue weighted by atomic mass is 9.88. The minimum Gasteiger partial charge on any atom is -0.309 e. The lowest BCUT2D eigenvalue weighted by Gasteiger charge is -2.41. The largest absolute Gasteiger partial charge is 0.309 e. The molecule has 0 fully saturated rings. The van der Waals surface area contributed by atoms with Crippen LogP contribution in [0, 0.1) is 0 Å². The van der Waals surface area contributed by atoms with E-state index in [1.165, 1.54) is 0 Å². The molecule has 0 heterocycles. The summed E-state index contributed by atoms with van der Waals surface area (Å²) in [6, 6.07) is 0.359. The van der Waals surface area contributed by atoms with Crippen molar-refractivity contribution in [1.82, 2.24) is 10.2 Å². The molecule has 2 nitrogen and oxygen atoms in total. The van der Waals surface area contributed by atoms with Crippen LogP contribution in [0.1, 0.15) is 27.2 Å². The van der Waals surface area contributed by atoms with E-state index in [1.54, 1.807) is 0 Å². The molecule has 0 rings (SSSR count). The van der Waals surface area contributed by atoms with Crippen LogP contribution in [0.3, 0.4) is 0 Å². The Labute approximate surface area is 83.0 Å². The molecule has 0 amide bonds. The third kappa shape index (κ3) is 2.82. The van der Waals surface area contributed by atoms with Gasteiger partial charge in [0, 0.05) is 11.6 Å². The first kappa shape index (κ1) is 12.7. The molecule has 0 aliphatic heterocycles. The summed E-state index contributed by atoms with van der Waals surface area (Å²) >= 11 is 0. The van der Waals surface area contributed by atoms with Crippen molar-refractivity contribution in [2.75, 3.05) is 20.6 Å². The summed E-state index contributed by atoms with van der Waals surface area (Å²) in [5, 5.41) is 3.45. The van der Waals surface area contributed by atoms with Crippen LogP contribution < -0.4 is 5.32 Å². The van der Waals surface area contributed by atoms with Gasteiger partial charge in [-0.05, 0) is 34.0 Å². The summed E-state index contributed by atoms with van der Waals surface area (Å²) in [4.78, 5) is 2.27. The summed E-state index contributed by atoms with van der Waals surface area (Å²) in [6.45, 7) is 11.5. The highest BCUT2D eigenvalue weighted by atomic mass is 15.2. The molecule has 0 radical (unpaired) electrons. The number of nitrogens with zero attached hydrogens (tertiary/aromatic N) is 1. The second kappa shape index (κ2) is 5.40. The highest BCUT2D eigenvalue weighted by Gasteiger charge is 2.31. The van der Waals surface area contributed by atoms with Crippen molar-refractivity contribution in [3.63, 3.8) is 0 Å². The van der Waals surface area contributed by atoms with Crippen molar-refractivity contribution in [2.24, 2.45) is 0 Å². The van der Waals surface area contributed by atoms with E-state index in [4.69, 9.17) is 0 Å². The van der Waals surface area contributed by atoms with Crippen molar-refractivity contribution in [3.8, 4) is 0 Å². The van der Waals surface area contributed by atoms with Crippen molar-refractivity contribution < 1.29 is 0 Å². The Morgan fingerprint density at radius 3 is 2.23 bits per heavy atom. The zero-order chi connectivity index (χ0) is 10.5.